The van der Waals surface area contributed by atoms with Gasteiger partial charge in [-0.25, -0.2) is 12.1 Å². The predicted octanol–water partition coefficient (Wildman–Crippen LogP) is 8.54. The molecule has 0 aliphatic rings. The number of fused-ring (bicyclic) bond motifs is 3. The standard InChI is InChI=1S/C13H9.C9H13.C3H6.2ClH.Zr/c1-3-7-12-10(5-1)9-11-6-2-4-8-13(11)12;1-9(2,3)8-6-4-5-7-8;1-3-2;;;/h1-9H;4-7H,1-3H3;1-2H3;2*1H;/q2*-1;;;;+2/p-2. The Morgan fingerprint density at radius 2 is 1.18 bits per heavy atom. The van der Waals surface area contributed by atoms with Gasteiger partial charge in [-0.1, -0.05) is 62.6 Å². The molecule has 148 valence electrons. The van der Waals surface area contributed by atoms with Crippen LogP contribution in [-0.4, -0.2) is 3.21 Å². The van der Waals surface area contributed by atoms with E-state index in [1.807, 2.05) is 13.8 Å². The normalized spacial score (nSPS) is 10.7. The molecule has 4 aromatic carbocycles. The zero-order chi connectivity index (χ0) is 20.7. The summed E-state index contributed by atoms with van der Waals surface area (Å²) in [4.78, 5) is 0. The van der Waals surface area contributed by atoms with E-state index in [4.69, 9.17) is 17.0 Å². The molecule has 0 aliphatic carbocycles. The molecule has 4 rings (SSSR count). The van der Waals surface area contributed by atoms with Gasteiger partial charge >= 0.3 is 53.0 Å². The summed E-state index contributed by atoms with van der Waals surface area (Å²) in [6.07, 6.45) is 0. The van der Waals surface area contributed by atoms with E-state index in [0.717, 1.165) is 0 Å². The number of hydrogen-bond acceptors (Lipinski definition) is 0. The van der Waals surface area contributed by atoms with Crippen LogP contribution in [0.15, 0.2) is 78.9 Å². The van der Waals surface area contributed by atoms with E-state index < -0.39 is 18.9 Å². The Morgan fingerprint density at radius 1 is 0.786 bits per heavy atom. The summed E-state index contributed by atoms with van der Waals surface area (Å²) in [6, 6.07) is 27.8. The average molecular weight is 491 g/mol. The predicted molar refractivity (Wildman–Crippen MR) is 126 cm³/mol. The fourth-order valence-electron chi connectivity index (χ4n) is 2.78. The van der Waals surface area contributed by atoms with Crippen molar-refractivity contribution in [2.24, 2.45) is 0 Å². The molecule has 0 bridgehead atoms. The molecule has 0 radical (unpaired) electrons. The van der Waals surface area contributed by atoms with Gasteiger partial charge in [0.05, 0.1) is 0 Å². The molecule has 0 nitrogen and oxygen atoms in total. The Morgan fingerprint density at radius 3 is 1.50 bits per heavy atom. The third-order valence-electron chi connectivity index (χ3n) is 4.43. The van der Waals surface area contributed by atoms with Crippen LogP contribution in [0.1, 0.15) is 40.2 Å². The zero-order valence-corrected chi connectivity index (χ0v) is 21.2. The largest absolute Gasteiger partial charge is 0.126 e. The zero-order valence-electron chi connectivity index (χ0n) is 17.3. The minimum atomic E-state index is -1.84. The summed E-state index contributed by atoms with van der Waals surface area (Å²) in [6.45, 7) is 10.6. The second-order valence-electron chi connectivity index (χ2n) is 8.00. The first kappa shape index (κ1) is 23.3. The van der Waals surface area contributed by atoms with Crippen LogP contribution in [0.5, 0.6) is 0 Å². The summed E-state index contributed by atoms with van der Waals surface area (Å²) in [5.74, 6) is 0. The van der Waals surface area contributed by atoms with E-state index in [9.17, 15) is 0 Å². The average Bonchev–Trinajstić information content (AvgIpc) is 3.30. The molecule has 0 aromatic heterocycles. The van der Waals surface area contributed by atoms with Crippen molar-refractivity contribution in [1.29, 1.82) is 0 Å². The number of rotatable bonds is 0. The number of halogens is 2. The van der Waals surface area contributed by atoms with Gasteiger partial charge in [0.15, 0.2) is 0 Å². The maximum atomic E-state index is 5.54. The van der Waals surface area contributed by atoms with Crippen molar-refractivity contribution < 1.29 is 18.9 Å². The quantitative estimate of drug-likeness (QED) is 0.217. The van der Waals surface area contributed by atoms with Gasteiger partial charge < -0.3 is 0 Å². The maximum absolute atomic E-state index is 5.54. The van der Waals surface area contributed by atoms with Gasteiger partial charge in [-0.2, -0.15) is 17.7 Å². The molecule has 0 saturated carbocycles. The summed E-state index contributed by atoms with van der Waals surface area (Å²) >= 11 is -1.84. The summed E-state index contributed by atoms with van der Waals surface area (Å²) in [7, 11) is 11.1. The molecule has 0 saturated heterocycles. The van der Waals surface area contributed by atoms with E-state index in [1.54, 1.807) is 0 Å². The van der Waals surface area contributed by atoms with Crippen LogP contribution in [0.4, 0.5) is 0 Å². The van der Waals surface area contributed by atoms with Crippen molar-refractivity contribution in [2.45, 2.75) is 40.0 Å². The molecule has 0 amide bonds. The molecule has 3 heteroatoms. The van der Waals surface area contributed by atoms with E-state index in [2.05, 4.69) is 99.6 Å². The van der Waals surface area contributed by atoms with Crippen molar-refractivity contribution >= 4 is 41.8 Å². The smallest absolute Gasteiger partial charge is 0.0771 e. The second-order valence-corrected chi connectivity index (χ2v) is 17.4. The third kappa shape index (κ3) is 6.80. The summed E-state index contributed by atoms with van der Waals surface area (Å²) < 4.78 is 1.24. The molecule has 4 aromatic rings. The van der Waals surface area contributed by atoms with Gasteiger partial charge in [-0.15, -0.1) is 39.7 Å². The Balaban J connectivity index is 0.000000164. The Kier molecular flexibility index (Phi) is 8.88. The Hall–Kier alpha value is -1.01. The van der Waals surface area contributed by atoms with E-state index in [1.165, 1.54) is 30.3 Å². The molecular weight excluding hydrogens is 462 g/mol. The van der Waals surface area contributed by atoms with Crippen molar-refractivity contribution in [2.75, 3.05) is 0 Å². The Labute approximate surface area is 184 Å². The molecule has 0 heterocycles. The van der Waals surface area contributed by atoms with Crippen molar-refractivity contribution in [3.63, 3.8) is 0 Å². The third-order valence-corrected chi connectivity index (χ3v) is 10.8. The van der Waals surface area contributed by atoms with Gasteiger partial charge in [0.1, 0.15) is 0 Å². The van der Waals surface area contributed by atoms with Crippen LogP contribution < -0.4 is 0 Å². The second kappa shape index (κ2) is 10.7. The van der Waals surface area contributed by atoms with Crippen molar-refractivity contribution in [1.82, 2.24) is 0 Å². The van der Waals surface area contributed by atoms with Crippen molar-refractivity contribution in [3.05, 3.63) is 84.4 Å². The van der Waals surface area contributed by atoms with E-state index in [0.29, 0.717) is 5.41 Å². The van der Waals surface area contributed by atoms with Crippen LogP contribution in [0, 0.1) is 0 Å². The van der Waals surface area contributed by atoms with Crippen LogP contribution in [-0.2, 0) is 24.3 Å². The monoisotopic (exact) mass is 488 g/mol. The van der Waals surface area contributed by atoms with Gasteiger partial charge in [-0.3, -0.25) is 0 Å². The molecule has 0 N–H and O–H groups in total. The first-order valence-corrected chi connectivity index (χ1v) is 17.0. The first-order chi connectivity index (χ1) is 13.2. The molecule has 28 heavy (non-hydrogen) atoms. The van der Waals surface area contributed by atoms with Crippen LogP contribution in [0.2, 0.25) is 0 Å². The number of hydrogen-bond donors (Lipinski definition) is 0. The minimum Gasteiger partial charge on any atom is -0.126 e. The molecule has 0 fully saturated rings. The van der Waals surface area contributed by atoms with Gasteiger partial charge in [0.2, 0.25) is 0 Å². The van der Waals surface area contributed by atoms with Crippen LogP contribution in [0.25, 0.3) is 21.5 Å². The Bertz CT molecular complexity index is 963. The van der Waals surface area contributed by atoms with Crippen LogP contribution in [0.3, 0.4) is 0 Å². The van der Waals surface area contributed by atoms with E-state index >= 15 is 0 Å². The van der Waals surface area contributed by atoms with E-state index in [-0.39, 0.29) is 0 Å². The topological polar surface area (TPSA) is 0 Å². The first-order valence-electron chi connectivity index (χ1n) is 9.44. The van der Waals surface area contributed by atoms with Crippen molar-refractivity contribution in [3.8, 4) is 0 Å². The van der Waals surface area contributed by atoms with Gasteiger partial charge in [0, 0.05) is 0 Å². The molecule has 0 atom stereocenters. The molecule has 0 unspecified atom stereocenters. The fraction of sp³-hybridized carbons (Fsp3) is 0.240. The number of benzene rings is 2. The minimum absolute atomic E-state index is 0.323. The molecular formula is C25H28Cl2Zr-2. The van der Waals surface area contributed by atoms with Gasteiger partial charge in [0.25, 0.3) is 0 Å². The summed E-state index contributed by atoms with van der Waals surface area (Å²) in [5, 5.41) is 5.39. The fourth-order valence-corrected chi connectivity index (χ4v) is 2.78. The van der Waals surface area contributed by atoms with Crippen LogP contribution >= 0.6 is 17.0 Å². The molecule has 0 spiro atoms. The SMILES string of the molecule is CC(C)(C)[c-]1cccc1.C[C](C)=[Zr]([Cl])[Cl].c1ccc2c(c1)[cH-]c1ccccc12. The van der Waals surface area contributed by atoms with Gasteiger partial charge in [-0.05, 0) is 0 Å². The molecule has 0 aliphatic heterocycles. The maximum Gasteiger partial charge on any atom is -0.0771 e. The summed E-state index contributed by atoms with van der Waals surface area (Å²) in [5.41, 5.74) is 1.74.